The highest BCUT2D eigenvalue weighted by atomic mass is 16.5. The summed E-state index contributed by atoms with van der Waals surface area (Å²) in [7, 11) is 3.34. The van der Waals surface area contributed by atoms with Crippen molar-refractivity contribution in [1.82, 2.24) is 40.0 Å². The SMILES string of the molecule is COc1ccc(COc2ccc3c(c2)CCc2c-3nc(N)nc2N2CCN(CCOCC3CN(C(N)=O)C3)CC2)cc1.COc1ccc(COc2ccc3c(c2)CCc2c-3nc(N)nc2N2CCN(CCOCC3CNC3)CC2)cc1. The molecule has 0 atom stereocenters. The smallest absolute Gasteiger partial charge is 0.314 e. The van der Waals surface area contributed by atoms with Gasteiger partial charge in [-0.05, 0) is 109 Å². The van der Waals surface area contributed by atoms with Gasteiger partial charge in [0.15, 0.2) is 0 Å². The standard InChI is InChI=1S/C31H39N7O4.C30H38N6O3/c1-40-24-5-2-21(3-6-24)20-42-25-7-9-26-23(16-25)4-8-27-28(26)34-30(32)35-29(27)37-12-10-36(11-13-37)14-15-41-19-22-17-38(18-22)31(33)39;1-37-24-5-2-21(3-6-24)20-39-25-7-9-26-23(16-25)4-8-27-28(26)33-30(31)34-29(27)36-12-10-35(11-13-36)14-15-38-19-22-17-32-18-22/h2-3,5-7,9,16,22H,4,8,10-15,17-20H2,1H3,(H2,33,39)(H2,32,34,35);2-3,5-7,9,16,22,32H,4,8,10-15,17-20H2,1H3,(H2,31,33,34). The Morgan fingerprint density at radius 2 is 0.988 bits per heavy atom. The van der Waals surface area contributed by atoms with Crippen LogP contribution < -0.4 is 51.3 Å². The van der Waals surface area contributed by atoms with Gasteiger partial charge < -0.3 is 65.6 Å². The number of nitrogens with zero attached hydrogens (tertiary/aromatic N) is 9. The van der Waals surface area contributed by atoms with Crippen molar-refractivity contribution in [1.29, 1.82) is 0 Å². The number of piperazine rings is 2. The van der Waals surface area contributed by atoms with E-state index in [1.165, 1.54) is 22.3 Å². The van der Waals surface area contributed by atoms with Crippen LogP contribution in [0.25, 0.3) is 22.5 Å². The van der Waals surface area contributed by atoms with Crippen molar-refractivity contribution < 1.29 is 33.2 Å². The number of benzene rings is 4. The fraction of sp³-hybridized carbons (Fsp3) is 0.459. The minimum Gasteiger partial charge on any atom is -0.497 e. The highest BCUT2D eigenvalue weighted by Crippen LogP contribution is 2.41. The maximum atomic E-state index is 11.1. The minimum atomic E-state index is -0.347. The van der Waals surface area contributed by atoms with E-state index in [9.17, 15) is 4.79 Å². The van der Waals surface area contributed by atoms with Crippen LogP contribution in [0.3, 0.4) is 0 Å². The summed E-state index contributed by atoms with van der Waals surface area (Å²) in [6.07, 6.45) is 3.58. The van der Waals surface area contributed by atoms with Crippen LogP contribution in [0.2, 0.25) is 0 Å². The van der Waals surface area contributed by atoms with Gasteiger partial charge in [0.05, 0.1) is 52.0 Å². The molecular weight excluding hydrogens is 1030 g/mol. The fourth-order valence-electron chi connectivity index (χ4n) is 11.5. The first-order chi connectivity index (χ1) is 39.6. The van der Waals surface area contributed by atoms with Crippen LogP contribution in [-0.2, 0) is 48.4 Å². The van der Waals surface area contributed by atoms with E-state index in [4.69, 9.17) is 60.6 Å². The number of methoxy groups -OCH3 is 2. The van der Waals surface area contributed by atoms with E-state index in [0.717, 1.165) is 186 Å². The Kier molecular flexibility index (Phi) is 17.8. The van der Waals surface area contributed by atoms with Crippen LogP contribution in [0.1, 0.15) is 33.4 Å². The first-order valence-corrected chi connectivity index (χ1v) is 28.6. The molecule has 4 saturated heterocycles. The number of carbonyl (C=O) groups excluding carboxylic acids is 1. The zero-order valence-electron chi connectivity index (χ0n) is 46.8. The largest absolute Gasteiger partial charge is 0.497 e. The van der Waals surface area contributed by atoms with Crippen molar-refractivity contribution in [3.8, 4) is 45.5 Å². The first-order valence-electron chi connectivity index (χ1n) is 28.6. The molecule has 20 heteroatoms. The summed E-state index contributed by atoms with van der Waals surface area (Å²) in [4.78, 5) is 41.2. The molecule has 0 bridgehead atoms. The molecule has 2 aromatic heterocycles. The number of nitrogens with one attached hydrogen (secondary N) is 1. The molecular formula is C61H77N13O7. The van der Waals surface area contributed by atoms with Crippen LogP contribution in [0, 0.1) is 11.8 Å². The molecule has 81 heavy (non-hydrogen) atoms. The third kappa shape index (κ3) is 13.7. The molecule has 6 heterocycles. The number of carbonyl (C=O) groups is 1. The van der Waals surface area contributed by atoms with Gasteiger partial charge in [0, 0.05) is 126 Å². The van der Waals surface area contributed by atoms with E-state index in [2.05, 4.69) is 54.2 Å². The number of rotatable bonds is 20. The maximum Gasteiger partial charge on any atom is 0.314 e. The predicted molar refractivity (Wildman–Crippen MR) is 313 cm³/mol. The molecule has 0 unspecified atom stereocenters. The number of nitrogen functional groups attached to an aromatic ring is 2. The molecule has 4 aliphatic heterocycles. The minimum absolute atomic E-state index is 0.304. The van der Waals surface area contributed by atoms with Gasteiger partial charge in [0.25, 0.3) is 0 Å². The van der Waals surface area contributed by atoms with E-state index < -0.39 is 0 Å². The fourth-order valence-corrected chi connectivity index (χ4v) is 11.5. The van der Waals surface area contributed by atoms with Gasteiger partial charge in [-0.1, -0.05) is 24.3 Å². The number of fused-ring (bicyclic) bond motifs is 6. The zero-order valence-corrected chi connectivity index (χ0v) is 46.8. The van der Waals surface area contributed by atoms with E-state index in [0.29, 0.717) is 63.2 Å². The molecule has 6 aliphatic rings. The van der Waals surface area contributed by atoms with Crippen molar-refractivity contribution in [3.63, 3.8) is 0 Å². The van der Waals surface area contributed by atoms with Gasteiger partial charge in [0.2, 0.25) is 11.9 Å². The van der Waals surface area contributed by atoms with E-state index in [-0.39, 0.29) is 6.03 Å². The van der Waals surface area contributed by atoms with Gasteiger partial charge in [0.1, 0.15) is 47.8 Å². The highest BCUT2D eigenvalue weighted by Gasteiger charge is 2.31. The first kappa shape index (κ1) is 55.4. The molecule has 20 nitrogen and oxygen atoms in total. The van der Waals surface area contributed by atoms with E-state index in [1.54, 1.807) is 19.1 Å². The summed E-state index contributed by atoms with van der Waals surface area (Å²) in [5.41, 5.74) is 28.9. The normalized spacial score (nSPS) is 17.1. The predicted octanol–water partition coefficient (Wildman–Crippen LogP) is 5.33. The van der Waals surface area contributed by atoms with Crippen molar-refractivity contribution in [2.75, 3.05) is 154 Å². The Morgan fingerprint density at radius 3 is 1.40 bits per heavy atom. The number of anilines is 4. The highest BCUT2D eigenvalue weighted by molar-refractivity contribution is 5.77. The van der Waals surface area contributed by atoms with E-state index in [1.807, 2.05) is 60.7 Å². The molecule has 2 aliphatic carbocycles. The molecule has 2 amide bonds. The van der Waals surface area contributed by atoms with Gasteiger partial charge in [-0.3, -0.25) is 9.80 Å². The number of hydrogen-bond donors (Lipinski definition) is 4. The second-order valence-electron chi connectivity index (χ2n) is 21.8. The van der Waals surface area contributed by atoms with Crippen LogP contribution >= 0.6 is 0 Å². The number of hydrogen-bond acceptors (Lipinski definition) is 18. The number of amides is 2. The Morgan fingerprint density at radius 1 is 0.556 bits per heavy atom. The van der Waals surface area contributed by atoms with Crippen molar-refractivity contribution in [2.24, 2.45) is 17.6 Å². The molecule has 4 aromatic carbocycles. The lowest BCUT2D eigenvalue weighted by molar-refractivity contribution is 0.0255. The number of urea groups is 1. The van der Waals surface area contributed by atoms with Crippen LogP contribution in [0.15, 0.2) is 84.9 Å². The lowest BCUT2D eigenvalue weighted by Crippen LogP contribution is -2.53. The van der Waals surface area contributed by atoms with Gasteiger partial charge in [-0.2, -0.15) is 9.97 Å². The summed E-state index contributed by atoms with van der Waals surface area (Å²) in [5.74, 6) is 7.06. The number of aryl methyl sites for hydroxylation is 2. The Labute approximate surface area is 474 Å². The second kappa shape index (κ2) is 26.0. The summed E-state index contributed by atoms with van der Waals surface area (Å²) < 4.78 is 34.4. The zero-order chi connectivity index (χ0) is 55.7. The monoisotopic (exact) mass is 1100 g/mol. The number of primary amides is 1. The third-order valence-electron chi connectivity index (χ3n) is 16.4. The van der Waals surface area contributed by atoms with Gasteiger partial charge in [-0.25, -0.2) is 14.8 Å². The number of aromatic nitrogens is 4. The number of likely N-dealkylation sites (tertiary alicyclic amines) is 1. The molecule has 0 radical (unpaired) electrons. The number of nitrogens with two attached hydrogens (primary N) is 3. The quantitative estimate of drug-likeness (QED) is 0.0708. The van der Waals surface area contributed by atoms with Crippen molar-refractivity contribution in [3.05, 3.63) is 118 Å². The average molecular weight is 1100 g/mol. The molecule has 12 rings (SSSR count). The van der Waals surface area contributed by atoms with Crippen LogP contribution in [0.4, 0.5) is 28.3 Å². The molecule has 6 aromatic rings. The van der Waals surface area contributed by atoms with Gasteiger partial charge in [-0.15, -0.1) is 0 Å². The second-order valence-corrected chi connectivity index (χ2v) is 21.8. The topological polar surface area (TPSA) is 230 Å². The summed E-state index contributed by atoms with van der Waals surface area (Å²) >= 11 is 0. The lowest BCUT2D eigenvalue weighted by atomic mass is 9.88. The summed E-state index contributed by atoms with van der Waals surface area (Å²) in [6.45, 7) is 17.0. The molecule has 4 fully saturated rings. The summed E-state index contributed by atoms with van der Waals surface area (Å²) in [5, 5.41) is 3.29. The molecule has 0 spiro atoms. The molecule has 7 N–H and O–H groups in total. The number of ether oxygens (including phenoxy) is 6. The van der Waals surface area contributed by atoms with E-state index >= 15 is 0 Å². The van der Waals surface area contributed by atoms with Crippen LogP contribution in [0.5, 0.6) is 23.0 Å². The maximum absolute atomic E-state index is 11.1. The molecule has 428 valence electrons. The van der Waals surface area contributed by atoms with Crippen molar-refractivity contribution in [2.45, 2.75) is 38.9 Å². The van der Waals surface area contributed by atoms with Crippen LogP contribution in [-0.4, -0.2) is 173 Å². The third-order valence-corrected chi connectivity index (χ3v) is 16.4. The average Bonchev–Trinajstić information content (AvgIpc) is 3.56. The molecule has 0 saturated carbocycles. The summed E-state index contributed by atoms with van der Waals surface area (Å²) in [6, 6.07) is 28.0. The Hall–Kier alpha value is -7.49. The van der Waals surface area contributed by atoms with Crippen molar-refractivity contribution >= 4 is 29.6 Å². The lowest BCUT2D eigenvalue weighted by Gasteiger charge is -2.38. The van der Waals surface area contributed by atoms with Gasteiger partial charge >= 0.3 is 6.03 Å². The Bertz CT molecular complexity index is 3090. The Balaban J connectivity index is 0.000000171.